The van der Waals surface area contributed by atoms with Crippen molar-refractivity contribution in [1.82, 2.24) is 10.0 Å². The fraction of sp³-hybridized carbons (Fsp3) is 0.120. The molecule has 1 atom stereocenters. The maximum atomic E-state index is 13.5. The van der Waals surface area contributed by atoms with Crippen LogP contribution in [0.25, 0.3) is 0 Å². The lowest BCUT2D eigenvalue weighted by molar-refractivity contribution is -0.00680. The topological polar surface area (TPSA) is 74.8 Å². The molecule has 0 aliphatic carbocycles. The Morgan fingerprint density at radius 2 is 1.31 bits per heavy atom. The molecular weight excluding hydrogens is 428 g/mol. The molecule has 6 nitrogen and oxygen atoms in total. The lowest BCUT2D eigenvalue weighted by Crippen LogP contribution is -2.56. The van der Waals surface area contributed by atoms with E-state index >= 15 is 0 Å². The molecular formula is C25H19ClN2O4. The number of rotatable bonds is 5. The van der Waals surface area contributed by atoms with Gasteiger partial charge in [-0.25, -0.2) is 5.01 Å². The molecule has 0 N–H and O–H groups in total. The molecule has 3 aromatic carbocycles. The van der Waals surface area contributed by atoms with Crippen molar-refractivity contribution in [3.8, 4) is 0 Å². The van der Waals surface area contributed by atoms with Crippen LogP contribution in [0.3, 0.4) is 0 Å². The van der Waals surface area contributed by atoms with Crippen LogP contribution >= 0.6 is 11.6 Å². The fourth-order valence-electron chi connectivity index (χ4n) is 3.61. The number of hydrogen-bond acceptors (Lipinski definition) is 4. The summed E-state index contributed by atoms with van der Waals surface area (Å²) in [7, 11) is 0. The monoisotopic (exact) mass is 446 g/mol. The van der Waals surface area contributed by atoms with Gasteiger partial charge in [-0.3, -0.25) is 19.2 Å². The molecule has 0 aromatic heterocycles. The molecule has 0 fully saturated rings. The zero-order chi connectivity index (χ0) is 23.0. The molecule has 1 aliphatic heterocycles. The summed E-state index contributed by atoms with van der Waals surface area (Å²) in [4.78, 5) is 53.0. The van der Waals surface area contributed by atoms with Crippen molar-refractivity contribution < 1.29 is 19.2 Å². The van der Waals surface area contributed by atoms with E-state index in [9.17, 15) is 19.2 Å². The third-order valence-corrected chi connectivity index (χ3v) is 5.62. The van der Waals surface area contributed by atoms with Gasteiger partial charge in [0.15, 0.2) is 5.78 Å². The molecule has 0 spiro atoms. The second kappa shape index (κ2) is 8.40. The number of Topliss-reactive ketones (excluding diaryl/α,β-unsaturated/α-hetero) is 1. The maximum Gasteiger partial charge on any atom is 0.280 e. The van der Waals surface area contributed by atoms with Crippen LogP contribution in [0.15, 0.2) is 72.8 Å². The van der Waals surface area contributed by atoms with E-state index < -0.39 is 29.5 Å². The number of ketones is 1. The molecule has 3 aromatic rings. The van der Waals surface area contributed by atoms with Crippen molar-refractivity contribution in [2.24, 2.45) is 0 Å². The van der Waals surface area contributed by atoms with E-state index in [0.717, 1.165) is 15.6 Å². The van der Waals surface area contributed by atoms with Gasteiger partial charge < -0.3 is 0 Å². The molecule has 0 saturated carbocycles. The number of hydrazine groups is 1. The average Bonchev–Trinajstić information content (AvgIpc) is 3.05. The number of hydrogen-bond donors (Lipinski definition) is 0. The summed E-state index contributed by atoms with van der Waals surface area (Å²) in [5.41, 5.74) is 1.90. The second-order valence-electron chi connectivity index (χ2n) is 7.53. The normalized spacial score (nSPS) is 13.7. The number of amides is 3. The Labute approximate surface area is 190 Å². The molecule has 1 aliphatic rings. The zero-order valence-corrected chi connectivity index (χ0v) is 18.2. The van der Waals surface area contributed by atoms with Crippen molar-refractivity contribution in [2.75, 3.05) is 0 Å². The lowest BCUT2D eigenvalue weighted by atomic mass is 10.0. The van der Waals surface area contributed by atoms with Gasteiger partial charge in [0.05, 0.1) is 11.1 Å². The standard InChI is InChI=1S/C25H19ClN2O4/c1-15-7-9-17(10-8-15)22(29)16(2)27(23(30)18-11-13-19(26)14-12-18)28-24(31)20-5-3-4-6-21(20)25(28)32/h3-14,16H,1-2H3/t16-/m0/s1. The van der Waals surface area contributed by atoms with Crippen molar-refractivity contribution in [3.05, 3.63) is 106 Å². The van der Waals surface area contributed by atoms with Gasteiger partial charge in [0.2, 0.25) is 0 Å². The zero-order valence-electron chi connectivity index (χ0n) is 17.4. The third kappa shape index (κ3) is 3.69. The van der Waals surface area contributed by atoms with E-state index in [-0.39, 0.29) is 16.7 Å². The average molecular weight is 447 g/mol. The third-order valence-electron chi connectivity index (χ3n) is 5.37. The van der Waals surface area contributed by atoms with Gasteiger partial charge in [0.25, 0.3) is 17.7 Å². The van der Waals surface area contributed by atoms with Crippen LogP contribution in [0.1, 0.15) is 53.9 Å². The second-order valence-corrected chi connectivity index (χ2v) is 7.97. The van der Waals surface area contributed by atoms with Gasteiger partial charge >= 0.3 is 0 Å². The number of nitrogens with zero attached hydrogens (tertiary/aromatic N) is 2. The fourth-order valence-corrected chi connectivity index (χ4v) is 3.73. The summed E-state index contributed by atoms with van der Waals surface area (Å²) in [6.07, 6.45) is 0. The van der Waals surface area contributed by atoms with Gasteiger partial charge in [-0.2, -0.15) is 5.01 Å². The number of imide groups is 1. The van der Waals surface area contributed by atoms with Crippen LogP contribution in [-0.2, 0) is 0 Å². The van der Waals surface area contributed by atoms with Gasteiger partial charge in [-0.05, 0) is 50.2 Å². The number of carbonyl (C=O) groups excluding carboxylic acids is 4. The molecule has 0 radical (unpaired) electrons. The van der Waals surface area contributed by atoms with Crippen LogP contribution in [0.5, 0.6) is 0 Å². The van der Waals surface area contributed by atoms with Crippen LogP contribution in [0.2, 0.25) is 5.02 Å². The smallest absolute Gasteiger partial charge is 0.280 e. The highest BCUT2D eigenvalue weighted by atomic mass is 35.5. The predicted molar refractivity (Wildman–Crippen MR) is 120 cm³/mol. The van der Waals surface area contributed by atoms with Crippen LogP contribution in [0, 0.1) is 6.92 Å². The molecule has 3 amide bonds. The van der Waals surface area contributed by atoms with Crippen molar-refractivity contribution in [3.63, 3.8) is 0 Å². The molecule has 7 heteroatoms. The first-order chi connectivity index (χ1) is 15.3. The first-order valence-corrected chi connectivity index (χ1v) is 10.3. The first-order valence-electron chi connectivity index (χ1n) is 9.97. The lowest BCUT2D eigenvalue weighted by Gasteiger charge is -2.34. The Morgan fingerprint density at radius 3 is 1.84 bits per heavy atom. The Bertz CT molecular complexity index is 1200. The quantitative estimate of drug-likeness (QED) is 0.425. The minimum atomic E-state index is -1.12. The Morgan fingerprint density at radius 1 is 0.812 bits per heavy atom. The van der Waals surface area contributed by atoms with E-state index in [1.54, 1.807) is 36.4 Å². The number of carbonyl (C=O) groups is 4. The first kappa shape index (κ1) is 21.5. The van der Waals surface area contributed by atoms with E-state index in [4.69, 9.17) is 11.6 Å². The Balaban J connectivity index is 1.78. The number of fused-ring (bicyclic) bond motifs is 1. The van der Waals surface area contributed by atoms with E-state index in [1.807, 2.05) is 6.92 Å². The summed E-state index contributed by atoms with van der Waals surface area (Å²) in [6, 6.07) is 18.1. The minimum absolute atomic E-state index is 0.182. The van der Waals surface area contributed by atoms with Crippen molar-refractivity contribution in [1.29, 1.82) is 0 Å². The number of halogens is 1. The number of aryl methyl sites for hydroxylation is 1. The SMILES string of the molecule is Cc1ccc(C(=O)[C@H](C)N(C(=O)c2ccc(Cl)cc2)N2C(=O)c3ccccc3C2=O)cc1. The van der Waals surface area contributed by atoms with Gasteiger partial charge in [0.1, 0.15) is 6.04 Å². The van der Waals surface area contributed by atoms with Crippen LogP contribution in [-0.4, -0.2) is 39.6 Å². The Kier molecular flexibility index (Phi) is 5.63. The number of benzene rings is 3. The summed E-state index contributed by atoms with van der Waals surface area (Å²) >= 11 is 5.94. The van der Waals surface area contributed by atoms with Gasteiger partial charge in [-0.1, -0.05) is 53.6 Å². The molecule has 160 valence electrons. The van der Waals surface area contributed by atoms with Crippen molar-refractivity contribution >= 4 is 35.1 Å². The van der Waals surface area contributed by atoms with Gasteiger partial charge in [-0.15, -0.1) is 0 Å². The molecule has 4 rings (SSSR count). The summed E-state index contributed by atoms with van der Waals surface area (Å²) in [6.45, 7) is 3.40. The van der Waals surface area contributed by atoms with Gasteiger partial charge in [0, 0.05) is 16.1 Å². The van der Waals surface area contributed by atoms with Crippen LogP contribution < -0.4 is 0 Å². The van der Waals surface area contributed by atoms with Crippen LogP contribution in [0.4, 0.5) is 0 Å². The Hall–Kier alpha value is -3.77. The predicted octanol–water partition coefficient (Wildman–Crippen LogP) is 4.57. The minimum Gasteiger partial charge on any atom is -0.292 e. The highest BCUT2D eigenvalue weighted by Gasteiger charge is 2.44. The molecule has 1 heterocycles. The summed E-state index contributed by atoms with van der Waals surface area (Å²) in [5.74, 6) is -2.37. The molecule has 0 saturated heterocycles. The van der Waals surface area contributed by atoms with E-state index in [0.29, 0.717) is 10.6 Å². The molecule has 32 heavy (non-hydrogen) atoms. The molecule has 0 bridgehead atoms. The van der Waals surface area contributed by atoms with Crippen molar-refractivity contribution in [2.45, 2.75) is 19.9 Å². The summed E-state index contributed by atoms with van der Waals surface area (Å²) < 4.78 is 0. The largest absolute Gasteiger partial charge is 0.292 e. The van der Waals surface area contributed by atoms with E-state index in [2.05, 4.69) is 0 Å². The highest BCUT2D eigenvalue weighted by molar-refractivity contribution is 6.30. The maximum absolute atomic E-state index is 13.5. The van der Waals surface area contributed by atoms with E-state index in [1.165, 1.54) is 43.3 Å². The highest BCUT2D eigenvalue weighted by Crippen LogP contribution is 2.28. The summed E-state index contributed by atoms with van der Waals surface area (Å²) in [5, 5.41) is 2.13. The molecule has 0 unspecified atom stereocenters.